The molecule has 1 saturated carbocycles. The van der Waals surface area contributed by atoms with Crippen LogP contribution in [0.1, 0.15) is 30.4 Å². The van der Waals surface area contributed by atoms with E-state index in [1.54, 1.807) is 0 Å². The molecule has 3 heteroatoms. The molecule has 0 saturated heterocycles. The fourth-order valence-corrected chi connectivity index (χ4v) is 2.72. The Morgan fingerprint density at radius 2 is 2.11 bits per heavy atom. The van der Waals surface area contributed by atoms with Crippen molar-refractivity contribution in [3.05, 3.63) is 29.3 Å². The summed E-state index contributed by atoms with van der Waals surface area (Å²) in [5.74, 6) is 0.583. The van der Waals surface area contributed by atoms with Crippen LogP contribution in [0.4, 0.5) is 5.69 Å². The number of nitrogens with one attached hydrogen (secondary N) is 1. The van der Waals surface area contributed by atoms with Gasteiger partial charge in [0, 0.05) is 11.6 Å². The Morgan fingerprint density at radius 1 is 1.33 bits per heavy atom. The van der Waals surface area contributed by atoms with Gasteiger partial charge in [0.2, 0.25) is 5.91 Å². The monoisotopic (exact) mass is 246 g/mol. The average molecular weight is 246 g/mol. The average Bonchev–Trinajstić information content (AvgIpc) is 2.82. The summed E-state index contributed by atoms with van der Waals surface area (Å²) in [6.07, 6.45) is 3.17. The van der Waals surface area contributed by atoms with Gasteiger partial charge in [-0.1, -0.05) is 12.5 Å². The van der Waals surface area contributed by atoms with Crippen LogP contribution in [0.3, 0.4) is 0 Å². The van der Waals surface area contributed by atoms with Gasteiger partial charge in [0.15, 0.2) is 0 Å². The van der Waals surface area contributed by atoms with E-state index in [-0.39, 0.29) is 11.8 Å². The third-order valence-corrected chi connectivity index (χ3v) is 4.07. The Morgan fingerprint density at radius 3 is 2.78 bits per heavy atom. The number of amides is 1. The van der Waals surface area contributed by atoms with E-state index in [0.29, 0.717) is 12.5 Å². The molecular formula is C15H22N2O. The molecule has 2 unspecified atom stereocenters. The van der Waals surface area contributed by atoms with Crippen molar-refractivity contribution in [1.29, 1.82) is 0 Å². The first-order valence-electron chi connectivity index (χ1n) is 6.70. The quantitative estimate of drug-likeness (QED) is 0.861. The molecule has 0 aromatic heterocycles. The highest BCUT2D eigenvalue weighted by Crippen LogP contribution is 2.31. The van der Waals surface area contributed by atoms with Gasteiger partial charge in [-0.05, 0) is 62.4 Å². The number of anilines is 1. The first kappa shape index (κ1) is 13.1. The topological polar surface area (TPSA) is 55.1 Å². The van der Waals surface area contributed by atoms with Crippen molar-refractivity contribution in [1.82, 2.24) is 0 Å². The Kier molecular flexibility index (Phi) is 4.02. The fraction of sp³-hybridized carbons (Fsp3) is 0.533. The molecule has 0 radical (unpaired) electrons. The molecule has 1 fully saturated rings. The molecule has 18 heavy (non-hydrogen) atoms. The van der Waals surface area contributed by atoms with E-state index in [0.717, 1.165) is 24.9 Å². The molecule has 1 aliphatic rings. The van der Waals surface area contributed by atoms with Gasteiger partial charge in [-0.2, -0.15) is 0 Å². The van der Waals surface area contributed by atoms with Crippen molar-refractivity contribution in [2.24, 2.45) is 17.6 Å². The molecular weight excluding hydrogens is 224 g/mol. The van der Waals surface area contributed by atoms with E-state index in [2.05, 4.69) is 19.2 Å². The number of benzene rings is 1. The molecule has 1 aliphatic carbocycles. The maximum atomic E-state index is 12.2. The summed E-state index contributed by atoms with van der Waals surface area (Å²) in [5.41, 5.74) is 9.06. The summed E-state index contributed by atoms with van der Waals surface area (Å²) in [7, 11) is 0. The molecule has 2 rings (SSSR count). The van der Waals surface area contributed by atoms with Gasteiger partial charge in [0.25, 0.3) is 0 Å². The second kappa shape index (κ2) is 5.53. The third kappa shape index (κ3) is 2.72. The van der Waals surface area contributed by atoms with Crippen molar-refractivity contribution in [3.8, 4) is 0 Å². The second-order valence-corrected chi connectivity index (χ2v) is 5.32. The Labute approximate surface area is 109 Å². The zero-order valence-corrected chi connectivity index (χ0v) is 11.2. The normalized spacial score (nSPS) is 23.1. The Hall–Kier alpha value is -1.35. The summed E-state index contributed by atoms with van der Waals surface area (Å²) in [4.78, 5) is 12.2. The van der Waals surface area contributed by atoms with E-state index in [1.165, 1.54) is 11.1 Å². The van der Waals surface area contributed by atoms with Crippen molar-refractivity contribution in [2.45, 2.75) is 33.1 Å². The molecule has 3 nitrogen and oxygen atoms in total. The van der Waals surface area contributed by atoms with Gasteiger partial charge >= 0.3 is 0 Å². The van der Waals surface area contributed by atoms with Crippen LogP contribution < -0.4 is 11.1 Å². The Balaban J connectivity index is 2.04. The lowest BCUT2D eigenvalue weighted by Gasteiger charge is -2.17. The van der Waals surface area contributed by atoms with E-state index < -0.39 is 0 Å². The first-order chi connectivity index (χ1) is 8.61. The van der Waals surface area contributed by atoms with Crippen LogP contribution >= 0.6 is 0 Å². The van der Waals surface area contributed by atoms with E-state index in [4.69, 9.17) is 5.73 Å². The van der Waals surface area contributed by atoms with E-state index >= 15 is 0 Å². The molecule has 1 aromatic carbocycles. The zero-order chi connectivity index (χ0) is 13.1. The molecule has 3 N–H and O–H groups in total. The molecule has 0 aliphatic heterocycles. The van der Waals surface area contributed by atoms with E-state index in [1.807, 2.05) is 18.2 Å². The van der Waals surface area contributed by atoms with Crippen molar-refractivity contribution in [2.75, 3.05) is 11.9 Å². The minimum absolute atomic E-state index is 0.0941. The Bertz CT molecular complexity index is 442. The molecule has 2 atom stereocenters. The van der Waals surface area contributed by atoms with Gasteiger partial charge in [-0.15, -0.1) is 0 Å². The van der Waals surface area contributed by atoms with E-state index in [9.17, 15) is 4.79 Å². The number of carbonyl (C=O) groups is 1. The maximum absolute atomic E-state index is 12.2. The van der Waals surface area contributed by atoms with Crippen LogP contribution in [0.15, 0.2) is 18.2 Å². The van der Waals surface area contributed by atoms with Crippen LogP contribution in [-0.4, -0.2) is 12.5 Å². The van der Waals surface area contributed by atoms with Gasteiger partial charge in [-0.25, -0.2) is 0 Å². The highest BCUT2D eigenvalue weighted by Gasteiger charge is 2.31. The number of hydrogen-bond donors (Lipinski definition) is 2. The van der Waals surface area contributed by atoms with Gasteiger partial charge in [-0.3, -0.25) is 4.79 Å². The molecule has 0 spiro atoms. The first-order valence-corrected chi connectivity index (χ1v) is 6.70. The summed E-state index contributed by atoms with van der Waals surface area (Å²) < 4.78 is 0. The number of aryl methyl sites for hydroxylation is 2. The predicted octanol–water partition coefficient (Wildman–Crippen LogP) is 2.62. The highest BCUT2D eigenvalue weighted by molar-refractivity contribution is 5.93. The number of nitrogens with two attached hydrogens (primary N) is 1. The van der Waals surface area contributed by atoms with Gasteiger partial charge < -0.3 is 11.1 Å². The molecule has 0 heterocycles. The molecule has 0 bridgehead atoms. The second-order valence-electron chi connectivity index (χ2n) is 5.32. The minimum Gasteiger partial charge on any atom is -0.330 e. The number of hydrogen-bond acceptors (Lipinski definition) is 2. The molecule has 1 aromatic rings. The fourth-order valence-electron chi connectivity index (χ4n) is 2.72. The zero-order valence-electron chi connectivity index (χ0n) is 11.2. The summed E-state index contributed by atoms with van der Waals surface area (Å²) in [5, 5.41) is 3.02. The van der Waals surface area contributed by atoms with Crippen LogP contribution in [0, 0.1) is 25.7 Å². The standard InChI is InChI=1S/C15H22N2O/c1-10-6-7-13(8-11(10)2)17-15(18)14-5-3-4-12(14)9-16/h6-8,12,14H,3-5,9,16H2,1-2H3,(H,17,18). The molecule has 1 amide bonds. The maximum Gasteiger partial charge on any atom is 0.227 e. The van der Waals surface area contributed by atoms with Crippen molar-refractivity contribution < 1.29 is 4.79 Å². The van der Waals surface area contributed by atoms with Gasteiger partial charge in [0.1, 0.15) is 0 Å². The smallest absolute Gasteiger partial charge is 0.227 e. The van der Waals surface area contributed by atoms with Crippen LogP contribution in [0.25, 0.3) is 0 Å². The lowest BCUT2D eigenvalue weighted by atomic mass is 9.95. The summed E-state index contributed by atoms with van der Waals surface area (Å²) >= 11 is 0. The predicted molar refractivity (Wildman–Crippen MR) is 74.4 cm³/mol. The lowest BCUT2D eigenvalue weighted by molar-refractivity contribution is -0.120. The number of rotatable bonds is 3. The molecule has 98 valence electrons. The lowest BCUT2D eigenvalue weighted by Crippen LogP contribution is -2.29. The van der Waals surface area contributed by atoms with Crippen molar-refractivity contribution >= 4 is 11.6 Å². The van der Waals surface area contributed by atoms with Crippen LogP contribution in [0.5, 0.6) is 0 Å². The minimum atomic E-state index is 0.0941. The van der Waals surface area contributed by atoms with Crippen LogP contribution in [-0.2, 0) is 4.79 Å². The number of carbonyl (C=O) groups excluding carboxylic acids is 1. The van der Waals surface area contributed by atoms with Gasteiger partial charge in [0.05, 0.1) is 0 Å². The summed E-state index contributed by atoms with van der Waals surface area (Å²) in [6.45, 7) is 4.75. The SMILES string of the molecule is Cc1ccc(NC(=O)C2CCCC2CN)cc1C. The van der Waals surface area contributed by atoms with Crippen LogP contribution in [0.2, 0.25) is 0 Å². The summed E-state index contributed by atoms with van der Waals surface area (Å²) in [6, 6.07) is 6.03. The highest BCUT2D eigenvalue weighted by atomic mass is 16.1. The third-order valence-electron chi connectivity index (χ3n) is 4.07. The largest absolute Gasteiger partial charge is 0.330 e. The van der Waals surface area contributed by atoms with Crippen molar-refractivity contribution in [3.63, 3.8) is 0 Å².